The van der Waals surface area contributed by atoms with Gasteiger partial charge in [0.2, 0.25) is 0 Å². The first-order chi connectivity index (χ1) is 8.04. The van der Waals surface area contributed by atoms with Gasteiger partial charge in [-0.05, 0) is 43.5 Å². The van der Waals surface area contributed by atoms with Gasteiger partial charge in [-0.2, -0.15) is 0 Å². The Hall–Kier alpha value is -1.89. The van der Waals surface area contributed by atoms with E-state index in [1.807, 2.05) is 18.4 Å². The van der Waals surface area contributed by atoms with E-state index in [4.69, 9.17) is 0 Å². The molecule has 17 heavy (non-hydrogen) atoms. The van der Waals surface area contributed by atoms with Crippen LogP contribution in [-0.4, -0.2) is 6.21 Å². The zero-order valence-electron chi connectivity index (χ0n) is 10.8. The molecule has 88 valence electrons. The van der Waals surface area contributed by atoms with Crippen molar-refractivity contribution in [1.29, 1.82) is 0 Å². The van der Waals surface area contributed by atoms with Crippen LogP contribution in [0.2, 0.25) is 0 Å². The van der Waals surface area contributed by atoms with Crippen LogP contribution in [0.3, 0.4) is 0 Å². The molecule has 1 aromatic rings. The summed E-state index contributed by atoms with van der Waals surface area (Å²) in [4.78, 5) is 4.32. The Labute approximate surface area is 104 Å². The molecule has 1 heteroatoms. The fourth-order valence-corrected chi connectivity index (χ4v) is 1.58. The van der Waals surface area contributed by atoms with Crippen LogP contribution in [0.25, 0.3) is 0 Å². The molecule has 0 radical (unpaired) electrons. The predicted molar refractivity (Wildman–Crippen MR) is 76.7 cm³/mol. The average Bonchev–Trinajstić information content (AvgIpc) is 2.29. The monoisotopic (exact) mass is 225 g/mol. The molecule has 0 amide bonds. The van der Waals surface area contributed by atoms with Gasteiger partial charge in [-0.25, -0.2) is 0 Å². The van der Waals surface area contributed by atoms with E-state index in [0.717, 1.165) is 11.3 Å². The number of hydrogen-bond donors (Lipinski definition) is 0. The van der Waals surface area contributed by atoms with Crippen molar-refractivity contribution in [3.8, 4) is 0 Å². The van der Waals surface area contributed by atoms with Crippen molar-refractivity contribution in [1.82, 2.24) is 0 Å². The van der Waals surface area contributed by atoms with Gasteiger partial charge in [0.15, 0.2) is 0 Å². The van der Waals surface area contributed by atoms with Gasteiger partial charge < -0.3 is 0 Å². The largest absolute Gasteiger partial charge is 0.257 e. The summed E-state index contributed by atoms with van der Waals surface area (Å²) in [7, 11) is 0. The van der Waals surface area contributed by atoms with Gasteiger partial charge in [-0.3, -0.25) is 4.99 Å². The molecular formula is C16H19N. The lowest BCUT2D eigenvalue weighted by Crippen LogP contribution is -1.92. The van der Waals surface area contributed by atoms with Crippen molar-refractivity contribution >= 4 is 6.21 Å². The summed E-state index contributed by atoms with van der Waals surface area (Å²) in [5.41, 5.74) is 5.68. The maximum atomic E-state index is 4.32. The first kappa shape index (κ1) is 13.2. The predicted octanol–water partition coefficient (Wildman–Crippen LogP) is 4.29. The number of hydrogen-bond acceptors (Lipinski definition) is 1. The summed E-state index contributed by atoms with van der Waals surface area (Å²) >= 11 is 0. The van der Waals surface area contributed by atoms with Crippen molar-refractivity contribution < 1.29 is 0 Å². The molecule has 0 saturated heterocycles. The fourth-order valence-electron chi connectivity index (χ4n) is 1.58. The van der Waals surface area contributed by atoms with Crippen molar-refractivity contribution in [2.75, 3.05) is 0 Å². The molecule has 0 N–H and O–H groups in total. The topological polar surface area (TPSA) is 12.4 Å². The summed E-state index contributed by atoms with van der Waals surface area (Å²) in [6.45, 7) is 13.8. The van der Waals surface area contributed by atoms with Crippen LogP contribution in [0, 0.1) is 20.8 Å². The number of aryl methyl sites for hydroxylation is 2. The van der Waals surface area contributed by atoms with Crippen LogP contribution < -0.4 is 0 Å². The molecule has 0 aromatic heterocycles. The van der Waals surface area contributed by atoms with E-state index in [1.54, 1.807) is 6.08 Å². The molecular weight excluding hydrogens is 206 g/mol. The molecule has 1 aromatic carbocycles. The third-order valence-corrected chi connectivity index (χ3v) is 2.65. The van der Waals surface area contributed by atoms with Gasteiger partial charge in [-0.15, -0.1) is 0 Å². The normalized spacial score (nSPS) is 11.2. The SMILES string of the molecule is C=CC=CC(=C)N=Cc1cc(C)cc(C)c1C. The number of allylic oxidation sites excluding steroid dienone is 3. The highest BCUT2D eigenvalue weighted by atomic mass is 14.7. The van der Waals surface area contributed by atoms with Crippen LogP contribution >= 0.6 is 0 Å². The summed E-state index contributed by atoms with van der Waals surface area (Å²) < 4.78 is 0. The fraction of sp³-hybridized carbons (Fsp3) is 0.188. The summed E-state index contributed by atoms with van der Waals surface area (Å²) in [5.74, 6) is 0. The lowest BCUT2D eigenvalue weighted by Gasteiger charge is -2.06. The highest BCUT2D eigenvalue weighted by Crippen LogP contribution is 2.14. The van der Waals surface area contributed by atoms with Gasteiger partial charge in [0.1, 0.15) is 0 Å². The quantitative estimate of drug-likeness (QED) is 0.535. The zero-order valence-corrected chi connectivity index (χ0v) is 10.8. The van der Waals surface area contributed by atoms with E-state index in [2.05, 4.69) is 51.1 Å². The molecule has 0 spiro atoms. The number of benzene rings is 1. The number of nitrogens with zero attached hydrogens (tertiary/aromatic N) is 1. The van der Waals surface area contributed by atoms with Gasteiger partial charge in [0.05, 0.1) is 5.70 Å². The minimum atomic E-state index is 0.725. The van der Waals surface area contributed by atoms with Crippen molar-refractivity contribution in [2.45, 2.75) is 20.8 Å². The van der Waals surface area contributed by atoms with Crippen LogP contribution in [0.4, 0.5) is 0 Å². The summed E-state index contributed by atoms with van der Waals surface area (Å²) in [6, 6.07) is 4.31. The van der Waals surface area contributed by atoms with Gasteiger partial charge >= 0.3 is 0 Å². The van der Waals surface area contributed by atoms with E-state index in [1.165, 1.54) is 16.7 Å². The van der Waals surface area contributed by atoms with Crippen LogP contribution in [-0.2, 0) is 0 Å². The minimum Gasteiger partial charge on any atom is -0.257 e. The molecule has 0 aliphatic carbocycles. The van der Waals surface area contributed by atoms with Gasteiger partial charge in [0, 0.05) is 6.21 Å². The summed E-state index contributed by atoms with van der Waals surface area (Å²) in [5, 5.41) is 0. The van der Waals surface area contributed by atoms with Crippen molar-refractivity contribution in [3.05, 3.63) is 71.5 Å². The Morgan fingerprint density at radius 2 is 1.94 bits per heavy atom. The van der Waals surface area contributed by atoms with Gasteiger partial charge in [0.25, 0.3) is 0 Å². The van der Waals surface area contributed by atoms with E-state index in [0.29, 0.717) is 0 Å². The highest BCUT2D eigenvalue weighted by Gasteiger charge is 1.99. The lowest BCUT2D eigenvalue weighted by molar-refractivity contribution is 1.28. The second-order valence-electron chi connectivity index (χ2n) is 4.14. The Balaban J connectivity index is 2.95. The molecule has 0 bridgehead atoms. The average molecular weight is 225 g/mol. The lowest BCUT2D eigenvalue weighted by atomic mass is 10.0. The maximum Gasteiger partial charge on any atom is 0.0558 e. The third-order valence-electron chi connectivity index (χ3n) is 2.65. The van der Waals surface area contributed by atoms with Crippen LogP contribution in [0.5, 0.6) is 0 Å². The molecule has 1 rings (SSSR count). The molecule has 0 aliphatic heterocycles. The summed E-state index contributed by atoms with van der Waals surface area (Å²) in [6.07, 6.45) is 7.24. The van der Waals surface area contributed by atoms with E-state index >= 15 is 0 Å². The van der Waals surface area contributed by atoms with Gasteiger partial charge in [-0.1, -0.05) is 43.0 Å². The van der Waals surface area contributed by atoms with Crippen LogP contribution in [0.15, 0.2) is 54.2 Å². The molecule has 0 atom stereocenters. The first-order valence-corrected chi connectivity index (χ1v) is 5.64. The number of aliphatic imine (C=N–C) groups is 1. The molecule has 0 heterocycles. The van der Waals surface area contributed by atoms with Crippen molar-refractivity contribution in [2.24, 2.45) is 4.99 Å². The third kappa shape index (κ3) is 3.87. The molecule has 0 fully saturated rings. The van der Waals surface area contributed by atoms with E-state index < -0.39 is 0 Å². The molecule has 0 unspecified atom stereocenters. The standard InChI is InChI=1S/C16H19N/c1-6-7-8-14(4)17-11-16-10-12(2)9-13(3)15(16)5/h6-11H,1,4H2,2-3,5H3. The smallest absolute Gasteiger partial charge is 0.0558 e. The Morgan fingerprint density at radius 3 is 2.59 bits per heavy atom. The first-order valence-electron chi connectivity index (χ1n) is 5.64. The second kappa shape index (κ2) is 6.00. The Bertz CT molecular complexity index is 490. The Morgan fingerprint density at radius 1 is 1.24 bits per heavy atom. The number of rotatable bonds is 4. The molecule has 1 nitrogen and oxygen atoms in total. The highest BCUT2D eigenvalue weighted by molar-refractivity contribution is 5.83. The molecule has 0 aliphatic rings. The molecule has 0 saturated carbocycles. The van der Waals surface area contributed by atoms with E-state index in [-0.39, 0.29) is 0 Å². The van der Waals surface area contributed by atoms with Crippen LogP contribution in [0.1, 0.15) is 22.3 Å². The zero-order chi connectivity index (χ0) is 12.8. The van der Waals surface area contributed by atoms with Crippen molar-refractivity contribution in [3.63, 3.8) is 0 Å². The second-order valence-corrected chi connectivity index (χ2v) is 4.14. The Kier molecular flexibility index (Phi) is 4.65. The van der Waals surface area contributed by atoms with E-state index in [9.17, 15) is 0 Å². The minimum absolute atomic E-state index is 0.725. The maximum absolute atomic E-state index is 4.32.